The lowest BCUT2D eigenvalue weighted by Crippen LogP contribution is -2.25. The number of hydrogen-bond acceptors (Lipinski definition) is 4. The van der Waals surface area contributed by atoms with E-state index in [1.807, 2.05) is 36.4 Å². The maximum Gasteiger partial charge on any atom is 0.314 e. The van der Waals surface area contributed by atoms with Gasteiger partial charge in [-0.3, -0.25) is 9.78 Å². The fourth-order valence-electron chi connectivity index (χ4n) is 4.02. The molecular weight excluding hydrogens is 360 g/mol. The molecule has 0 aliphatic heterocycles. The molecule has 0 spiro atoms. The van der Waals surface area contributed by atoms with E-state index in [2.05, 4.69) is 18.0 Å². The number of ether oxygens (including phenoxy) is 1. The molecule has 29 heavy (non-hydrogen) atoms. The van der Waals surface area contributed by atoms with Crippen molar-refractivity contribution in [2.45, 2.75) is 64.7 Å². The lowest BCUT2D eigenvalue weighted by Gasteiger charge is -2.27. The summed E-state index contributed by atoms with van der Waals surface area (Å²) >= 11 is 0. The van der Waals surface area contributed by atoms with Crippen LogP contribution in [0.25, 0.3) is 0 Å². The molecule has 1 saturated carbocycles. The van der Waals surface area contributed by atoms with Crippen molar-refractivity contribution in [3.05, 3.63) is 59.4 Å². The Kier molecular flexibility index (Phi) is 7.81. The highest BCUT2D eigenvalue weighted by Gasteiger charge is 2.27. The Morgan fingerprint density at radius 3 is 2.48 bits per heavy atom. The molecule has 1 aliphatic rings. The predicted octanol–water partition coefficient (Wildman–Crippen LogP) is 5.64. The van der Waals surface area contributed by atoms with Crippen molar-refractivity contribution in [1.82, 2.24) is 4.98 Å². The van der Waals surface area contributed by atoms with Gasteiger partial charge in [-0.2, -0.15) is 5.26 Å². The average Bonchev–Trinajstić information content (AvgIpc) is 2.78. The first-order valence-corrected chi connectivity index (χ1v) is 10.8. The zero-order chi connectivity index (χ0) is 20.5. The third-order valence-electron chi connectivity index (χ3n) is 5.91. The number of unbranched alkanes of at least 4 members (excludes halogenated alkanes) is 1. The summed E-state index contributed by atoms with van der Waals surface area (Å²) in [5, 5.41) is 8.85. The molecular formula is C25H30N2O2. The fourth-order valence-corrected chi connectivity index (χ4v) is 4.02. The summed E-state index contributed by atoms with van der Waals surface area (Å²) in [6, 6.07) is 13.5. The van der Waals surface area contributed by atoms with Gasteiger partial charge in [0.15, 0.2) is 0 Å². The van der Waals surface area contributed by atoms with E-state index in [9.17, 15) is 4.79 Å². The Hall–Kier alpha value is -2.67. The van der Waals surface area contributed by atoms with Crippen LogP contribution in [0, 0.1) is 23.2 Å². The number of carbonyl (C=O) groups is 1. The minimum Gasteiger partial charge on any atom is -0.425 e. The molecule has 1 fully saturated rings. The van der Waals surface area contributed by atoms with Crippen LogP contribution in [0.4, 0.5) is 0 Å². The van der Waals surface area contributed by atoms with E-state index in [-0.39, 0.29) is 11.9 Å². The molecule has 3 rings (SSSR count). The molecule has 0 N–H and O–H groups in total. The molecule has 2 aromatic rings. The number of nitriles is 1. The average molecular weight is 391 g/mol. The zero-order valence-electron chi connectivity index (χ0n) is 17.3. The maximum atomic E-state index is 12.5. The molecule has 4 heteroatoms. The normalized spacial score (nSPS) is 18.8. The topological polar surface area (TPSA) is 63.0 Å². The van der Waals surface area contributed by atoms with E-state index in [0.29, 0.717) is 11.3 Å². The van der Waals surface area contributed by atoms with Crippen molar-refractivity contribution in [3.63, 3.8) is 0 Å². The van der Waals surface area contributed by atoms with Crippen LogP contribution in [0.3, 0.4) is 0 Å². The van der Waals surface area contributed by atoms with Gasteiger partial charge in [0.1, 0.15) is 5.75 Å². The molecule has 152 valence electrons. The molecule has 1 aromatic carbocycles. The Morgan fingerprint density at radius 1 is 1.10 bits per heavy atom. The summed E-state index contributed by atoms with van der Waals surface area (Å²) in [5.41, 5.74) is 2.81. The van der Waals surface area contributed by atoms with Gasteiger partial charge in [-0.1, -0.05) is 38.3 Å². The van der Waals surface area contributed by atoms with E-state index < -0.39 is 0 Å². The van der Waals surface area contributed by atoms with Gasteiger partial charge in [0.05, 0.1) is 23.7 Å². The van der Waals surface area contributed by atoms with Gasteiger partial charge in [0.2, 0.25) is 0 Å². The van der Waals surface area contributed by atoms with E-state index in [0.717, 1.165) is 50.1 Å². The van der Waals surface area contributed by atoms with E-state index >= 15 is 0 Å². The third kappa shape index (κ3) is 6.42. The van der Waals surface area contributed by atoms with Gasteiger partial charge in [-0.25, -0.2) is 0 Å². The number of nitrogens with zero attached hydrogens (tertiary/aromatic N) is 2. The Bertz CT molecular complexity index is 813. The molecule has 0 unspecified atom stereocenters. The largest absolute Gasteiger partial charge is 0.425 e. The first-order chi connectivity index (χ1) is 14.2. The van der Waals surface area contributed by atoms with Crippen LogP contribution in [-0.4, -0.2) is 11.0 Å². The second kappa shape index (κ2) is 10.8. The van der Waals surface area contributed by atoms with Crippen molar-refractivity contribution in [2.24, 2.45) is 11.8 Å². The number of benzene rings is 1. The van der Waals surface area contributed by atoms with Crippen LogP contribution in [-0.2, 0) is 17.6 Å². The predicted molar refractivity (Wildman–Crippen MR) is 113 cm³/mol. The maximum absolute atomic E-state index is 12.5. The minimum atomic E-state index is -0.105. The third-order valence-corrected chi connectivity index (χ3v) is 5.91. The Morgan fingerprint density at radius 2 is 1.86 bits per heavy atom. The van der Waals surface area contributed by atoms with Gasteiger partial charge in [0.25, 0.3) is 0 Å². The highest BCUT2D eigenvalue weighted by atomic mass is 16.5. The number of aryl methyl sites for hydroxylation is 2. The lowest BCUT2D eigenvalue weighted by molar-refractivity contribution is -0.140. The number of esters is 1. The van der Waals surface area contributed by atoms with Crippen LogP contribution >= 0.6 is 0 Å². The SMILES string of the molecule is CCCC[C@H]1CC[C@H](C(=O)Oc2ccc(CCc3ccc(C#N)cc3)nc2)CC1. The highest BCUT2D eigenvalue weighted by Crippen LogP contribution is 2.32. The van der Waals surface area contributed by atoms with Crippen molar-refractivity contribution in [3.8, 4) is 11.8 Å². The number of aromatic nitrogens is 1. The van der Waals surface area contributed by atoms with Gasteiger partial charge in [-0.15, -0.1) is 0 Å². The molecule has 0 saturated heterocycles. The molecule has 0 amide bonds. The van der Waals surface area contributed by atoms with E-state index in [1.165, 1.54) is 24.8 Å². The van der Waals surface area contributed by atoms with Crippen molar-refractivity contribution < 1.29 is 9.53 Å². The summed E-state index contributed by atoms with van der Waals surface area (Å²) < 4.78 is 5.58. The van der Waals surface area contributed by atoms with Crippen LogP contribution in [0.1, 0.15) is 68.7 Å². The fraction of sp³-hybridized carbons (Fsp3) is 0.480. The summed E-state index contributed by atoms with van der Waals surface area (Å²) in [7, 11) is 0. The van der Waals surface area contributed by atoms with Crippen LogP contribution < -0.4 is 4.74 Å². The van der Waals surface area contributed by atoms with Gasteiger partial charge in [-0.05, 0) is 74.3 Å². The number of rotatable bonds is 8. The van der Waals surface area contributed by atoms with Crippen molar-refractivity contribution >= 4 is 5.97 Å². The van der Waals surface area contributed by atoms with E-state index in [4.69, 9.17) is 10.00 Å². The molecule has 1 aromatic heterocycles. The zero-order valence-corrected chi connectivity index (χ0v) is 17.3. The van der Waals surface area contributed by atoms with Gasteiger partial charge in [0, 0.05) is 5.69 Å². The first kappa shape index (κ1) is 21.0. The molecule has 4 nitrogen and oxygen atoms in total. The Labute approximate surface area is 173 Å². The second-order valence-corrected chi connectivity index (χ2v) is 8.07. The molecule has 1 heterocycles. The lowest BCUT2D eigenvalue weighted by atomic mass is 9.80. The van der Waals surface area contributed by atoms with Gasteiger partial charge >= 0.3 is 5.97 Å². The summed E-state index contributed by atoms with van der Waals surface area (Å²) in [5.74, 6) is 1.25. The summed E-state index contributed by atoms with van der Waals surface area (Å²) in [6.07, 6.45) is 11.3. The summed E-state index contributed by atoms with van der Waals surface area (Å²) in [6.45, 7) is 2.23. The van der Waals surface area contributed by atoms with Gasteiger partial charge < -0.3 is 4.74 Å². The number of hydrogen-bond donors (Lipinski definition) is 0. The van der Waals surface area contributed by atoms with Crippen LogP contribution in [0.15, 0.2) is 42.6 Å². The van der Waals surface area contributed by atoms with Crippen molar-refractivity contribution in [2.75, 3.05) is 0 Å². The summed E-state index contributed by atoms with van der Waals surface area (Å²) in [4.78, 5) is 16.9. The molecule has 0 bridgehead atoms. The monoisotopic (exact) mass is 390 g/mol. The minimum absolute atomic E-state index is 0.0314. The second-order valence-electron chi connectivity index (χ2n) is 8.07. The highest BCUT2D eigenvalue weighted by molar-refractivity contribution is 5.75. The number of carbonyl (C=O) groups excluding carboxylic acids is 1. The standard InChI is InChI=1S/C25H30N2O2/c1-2-3-4-19-9-12-22(13-10-19)25(28)29-24-16-15-23(27-18-24)14-11-20-5-7-21(17-26)8-6-20/h5-8,15-16,18-19,22H,2-4,9-14H2,1H3/t19-,22-. The van der Waals surface area contributed by atoms with Crippen LogP contribution in [0.2, 0.25) is 0 Å². The smallest absolute Gasteiger partial charge is 0.314 e. The number of pyridine rings is 1. The molecule has 1 aliphatic carbocycles. The Balaban J connectivity index is 1.44. The van der Waals surface area contributed by atoms with Crippen molar-refractivity contribution in [1.29, 1.82) is 5.26 Å². The quantitative estimate of drug-likeness (QED) is 0.547. The van der Waals surface area contributed by atoms with Crippen LogP contribution in [0.5, 0.6) is 5.75 Å². The molecule has 0 atom stereocenters. The molecule has 0 radical (unpaired) electrons. The first-order valence-electron chi connectivity index (χ1n) is 10.8. The van der Waals surface area contributed by atoms with E-state index in [1.54, 1.807) is 6.20 Å².